The molecule has 1 N–H and O–H groups in total. The third-order valence-electron chi connectivity index (χ3n) is 6.27. The monoisotopic (exact) mass is 606 g/mol. The molecule has 0 spiro atoms. The van der Waals surface area contributed by atoms with E-state index >= 15 is 0 Å². The van der Waals surface area contributed by atoms with Gasteiger partial charge in [-0.1, -0.05) is 92.0 Å². The van der Waals surface area contributed by atoms with Gasteiger partial charge in [-0.05, 0) is 70.0 Å². The summed E-state index contributed by atoms with van der Waals surface area (Å²) in [5.41, 5.74) is 5.94. The second kappa shape index (κ2) is 28.9. The van der Waals surface area contributed by atoms with Crippen molar-refractivity contribution in [2.24, 2.45) is 11.3 Å². The summed E-state index contributed by atoms with van der Waals surface area (Å²) >= 11 is 1.72. The molecular weight excluding hydrogens is 544 g/mol. The number of carbonyl (C=O) groups excluding carboxylic acids is 3. The van der Waals surface area contributed by atoms with E-state index in [9.17, 15) is 4.79 Å². The Balaban J connectivity index is -0.000000518. The minimum Gasteiger partial charge on any atom is -0.392 e. The normalized spacial score (nSPS) is 14.3. The van der Waals surface area contributed by atoms with E-state index in [0.29, 0.717) is 0 Å². The Morgan fingerprint density at radius 3 is 1.86 bits per heavy atom. The molecule has 1 aromatic heterocycles. The van der Waals surface area contributed by atoms with Crippen LogP contribution in [0, 0.1) is 18.3 Å². The molecule has 0 amide bonds. The predicted octanol–water partition coefficient (Wildman–Crippen LogP) is 8.62. The van der Waals surface area contributed by atoms with Crippen LogP contribution < -0.4 is 0 Å². The number of unbranched alkanes of at least 4 members (excludes halogenated alkanes) is 2. The number of nitrogens with zero attached hydrogens (tertiary/aromatic N) is 2. The number of likely N-dealkylation sites (N-methyl/N-ethyl adjacent to an activating group) is 1. The van der Waals surface area contributed by atoms with Crippen molar-refractivity contribution in [3.05, 3.63) is 41.0 Å². The molecule has 0 bridgehead atoms. The largest absolute Gasteiger partial charge is 0.392 e. The molecule has 6 nitrogen and oxygen atoms in total. The minimum atomic E-state index is -0.0509. The van der Waals surface area contributed by atoms with Gasteiger partial charge in [0.15, 0.2) is 0 Å². The van der Waals surface area contributed by atoms with E-state index in [0.717, 1.165) is 56.9 Å². The van der Waals surface area contributed by atoms with E-state index in [1.807, 2.05) is 26.4 Å². The topological polar surface area (TPSA) is 87.6 Å². The molecule has 0 radical (unpaired) electrons. The van der Waals surface area contributed by atoms with Crippen LogP contribution in [0.5, 0.6) is 0 Å². The van der Waals surface area contributed by atoms with Crippen molar-refractivity contribution < 1.29 is 19.5 Å². The third-order valence-corrected chi connectivity index (χ3v) is 7.25. The quantitative estimate of drug-likeness (QED) is 0.239. The molecule has 242 valence electrons. The molecule has 1 unspecified atom stereocenters. The maximum Gasteiger partial charge on any atom is 0.123 e. The first-order valence-electron chi connectivity index (χ1n) is 15.6. The van der Waals surface area contributed by atoms with E-state index in [2.05, 4.69) is 75.7 Å². The van der Waals surface area contributed by atoms with Crippen LogP contribution in [0.15, 0.2) is 29.8 Å². The molecular formula is C35H62N2O4S. The number of aryl methyl sites for hydroxylation is 2. The lowest BCUT2D eigenvalue weighted by Gasteiger charge is -2.25. The average Bonchev–Trinajstić information content (AvgIpc) is 3.56. The highest BCUT2D eigenvalue weighted by Gasteiger charge is 2.22. The van der Waals surface area contributed by atoms with Crippen molar-refractivity contribution in [2.45, 2.75) is 120 Å². The lowest BCUT2D eigenvalue weighted by molar-refractivity contribution is -0.114. The molecule has 0 saturated carbocycles. The Hall–Kier alpha value is -2.22. The number of benzene rings is 1. The molecule has 1 aromatic carbocycles. The molecule has 7 heteroatoms. The lowest BCUT2D eigenvalue weighted by Crippen LogP contribution is -2.21. The standard InChI is InChI=1S/C15H19NS.C9H18O.C5H11NO.2C2H4O.C2H6/c1-3-4-5-6-13-7-9-14(10-8-13)15-12(2)16-11-17-15;1-5-6-8(7-10)9(2,3)4;1-6-3-2-5(7)4-6;2*1-2-3;1-2/h7-11H,3-6H2,1-2H3;7-8H,5-6H2,1-4H3;5,7H,2-4H2,1H3;2*2H,1H3;1-2H3/t;8-;;;;/m.1..../s1. The maximum atomic E-state index is 10.5. The summed E-state index contributed by atoms with van der Waals surface area (Å²) in [6.45, 7) is 21.6. The molecule has 1 fully saturated rings. The summed E-state index contributed by atoms with van der Waals surface area (Å²) in [5, 5.41) is 8.86. The first-order chi connectivity index (χ1) is 19.9. The van der Waals surface area contributed by atoms with Gasteiger partial charge in [0, 0.05) is 19.0 Å². The number of likely N-dealkylation sites (tertiary alicyclic amines) is 1. The summed E-state index contributed by atoms with van der Waals surface area (Å²) in [6.07, 6.45) is 10.7. The van der Waals surface area contributed by atoms with Crippen LogP contribution in [0.3, 0.4) is 0 Å². The van der Waals surface area contributed by atoms with Crippen LogP contribution in [0.1, 0.15) is 112 Å². The summed E-state index contributed by atoms with van der Waals surface area (Å²) in [6, 6.07) is 8.96. The second-order valence-electron chi connectivity index (χ2n) is 11.0. The lowest BCUT2D eigenvalue weighted by atomic mass is 9.79. The van der Waals surface area contributed by atoms with Crippen molar-refractivity contribution >= 4 is 30.2 Å². The molecule has 2 atom stereocenters. The van der Waals surface area contributed by atoms with Crippen molar-refractivity contribution in [2.75, 3.05) is 20.1 Å². The summed E-state index contributed by atoms with van der Waals surface area (Å²) in [4.78, 5) is 35.9. The Morgan fingerprint density at radius 2 is 1.57 bits per heavy atom. The molecule has 42 heavy (non-hydrogen) atoms. The van der Waals surface area contributed by atoms with E-state index < -0.39 is 0 Å². The number of thiazole rings is 1. The highest BCUT2D eigenvalue weighted by atomic mass is 32.1. The van der Waals surface area contributed by atoms with E-state index in [4.69, 9.17) is 14.7 Å². The zero-order valence-corrected chi connectivity index (χ0v) is 29.4. The first-order valence-corrected chi connectivity index (χ1v) is 16.4. The first kappa shape index (κ1) is 44.2. The van der Waals surface area contributed by atoms with Gasteiger partial charge in [-0.3, -0.25) is 0 Å². The zero-order chi connectivity index (χ0) is 33.0. The predicted molar refractivity (Wildman–Crippen MR) is 182 cm³/mol. The highest BCUT2D eigenvalue weighted by molar-refractivity contribution is 7.13. The van der Waals surface area contributed by atoms with Gasteiger partial charge in [-0.15, -0.1) is 11.3 Å². The third kappa shape index (κ3) is 23.4. The average molecular weight is 607 g/mol. The summed E-state index contributed by atoms with van der Waals surface area (Å²) < 4.78 is 0. The van der Waals surface area contributed by atoms with Gasteiger partial charge in [0.05, 0.1) is 22.2 Å². The number of β-amino-alcohol motifs (C(OH)–C–C–N with tert-alkyl or cyclic N) is 1. The van der Waals surface area contributed by atoms with Gasteiger partial charge in [0.2, 0.25) is 0 Å². The zero-order valence-electron chi connectivity index (χ0n) is 28.6. The van der Waals surface area contributed by atoms with Crippen LogP contribution >= 0.6 is 11.3 Å². The number of aromatic nitrogens is 1. The number of hydrogen-bond acceptors (Lipinski definition) is 7. The van der Waals surface area contributed by atoms with Gasteiger partial charge in [0.1, 0.15) is 18.9 Å². The fourth-order valence-electron chi connectivity index (χ4n) is 3.91. The van der Waals surface area contributed by atoms with Crippen LogP contribution in [-0.2, 0) is 20.8 Å². The second-order valence-corrected chi connectivity index (χ2v) is 11.8. The van der Waals surface area contributed by atoms with Gasteiger partial charge in [-0.25, -0.2) is 4.98 Å². The van der Waals surface area contributed by atoms with Gasteiger partial charge in [-0.2, -0.15) is 0 Å². The van der Waals surface area contributed by atoms with Crippen LogP contribution in [0.4, 0.5) is 0 Å². The number of aldehydes is 3. The Morgan fingerprint density at radius 1 is 1.02 bits per heavy atom. The molecule has 2 heterocycles. The Kier molecular flexibility index (Phi) is 30.4. The van der Waals surface area contributed by atoms with Crippen LogP contribution in [-0.4, -0.2) is 60.1 Å². The van der Waals surface area contributed by atoms with Crippen molar-refractivity contribution in [1.29, 1.82) is 0 Å². The number of hydrogen-bond donors (Lipinski definition) is 1. The highest BCUT2D eigenvalue weighted by Crippen LogP contribution is 2.28. The minimum absolute atomic E-state index is 0.0509. The van der Waals surface area contributed by atoms with Crippen molar-refractivity contribution in [3.63, 3.8) is 0 Å². The van der Waals surface area contributed by atoms with Crippen molar-refractivity contribution in [1.82, 2.24) is 9.88 Å². The number of aliphatic hydroxyl groups is 1. The molecule has 1 aliphatic rings. The fourth-order valence-corrected chi connectivity index (χ4v) is 4.72. The Bertz CT molecular complexity index is 877. The van der Waals surface area contributed by atoms with Crippen LogP contribution in [0.25, 0.3) is 10.4 Å². The van der Waals surface area contributed by atoms with Crippen molar-refractivity contribution in [3.8, 4) is 10.4 Å². The number of rotatable bonds is 8. The SMILES string of the molecule is CC.CC=O.CC=O.CCCCCc1ccc(-c2scnc2C)cc1.CCC[C@H](C=O)C(C)(C)C.CN1CCC(O)C1. The molecule has 0 aliphatic carbocycles. The van der Waals surface area contributed by atoms with Gasteiger partial charge in [0.25, 0.3) is 0 Å². The van der Waals surface area contributed by atoms with E-state index in [-0.39, 0.29) is 17.4 Å². The van der Waals surface area contributed by atoms with Crippen LogP contribution in [0.2, 0.25) is 0 Å². The van der Waals surface area contributed by atoms with Gasteiger partial charge >= 0.3 is 0 Å². The molecule has 1 aliphatic heterocycles. The van der Waals surface area contributed by atoms with E-state index in [1.165, 1.54) is 55.5 Å². The molecule has 3 rings (SSSR count). The number of carbonyl (C=O) groups is 3. The summed E-state index contributed by atoms with van der Waals surface area (Å²) in [5.74, 6) is 0.234. The maximum absolute atomic E-state index is 10.5. The molecule has 1 saturated heterocycles. The Labute approximate surface area is 262 Å². The number of aliphatic hydroxyl groups excluding tert-OH is 1. The fraction of sp³-hybridized carbons (Fsp3) is 0.657. The van der Waals surface area contributed by atoms with Gasteiger partial charge < -0.3 is 24.4 Å². The van der Waals surface area contributed by atoms with E-state index in [1.54, 1.807) is 11.3 Å². The smallest absolute Gasteiger partial charge is 0.123 e. The molecule has 2 aromatic rings. The summed E-state index contributed by atoms with van der Waals surface area (Å²) in [7, 11) is 2.02.